The molecule has 0 aliphatic carbocycles. The molecule has 142 valence electrons. The van der Waals surface area contributed by atoms with Gasteiger partial charge in [-0.3, -0.25) is 0 Å². The van der Waals surface area contributed by atoms with Crippen LogP contribution in [0, 0.1) is 0 Å². The highest BCUT2D eigenvalue weighted by Gasteiger charge is 2.15. The van der Waals surface area contributed by atoms with Crippen LogP contribution >= 0.6 is 12.6 Å². The third-order valence-corrected chi connectivity index (χ3v) is 6.17. The number of rotatable bonds is 2. The minimum atomic E-state index is 0.977. The van der Waals surface area contributed by atoms with Crippen LogP contribution in [-0.2, 0) is 0 Å². The van der Waals surface area contributed by atoms with E-state index in [0.717, 1.165) is 4.90 Å². The summed E-state index contributed by atoms with van der Waals surface area (Å²) >= 11 is 4.43. The molecule has 30 heavy (non-hydrogen) atoms. The van der Waals surface area contributed by atoms with Crippen molar-refractivity contribution in [3.8, 4) is 16.8 Å². The molecule has 0 radical (unpaired) electrons. The lowest BCUT2D eigenvalue weighted by Crippen LogP contribution is -1.93. The van der Waals surface area contributed by atoms with E-state index in [9.17, 15) is 0 Å². The van der Waals surface area contributed by atoms with Crippen molar-refractivity contribution >= 4 is 45.2 Å². The Kier molecular flexibility index (Phi) is 3.93. The van der Waals surface area contributed by atoms with Crippen molar-refractivity contribution in [2.24, 2.45) is 0 Å². The number of hydrogen-bond acceptors (Lipinski definition) is 1. The summed E-state index contributed by atoms with van der Waals surface area (Å²) in [5.41, 5.74) is 6.04. The van der Waals surface area contributed by atoms with Gasteiger partial charge >= 0.3 is 0 Å². The molecule has 0 amide bonds. The summed E-state index contributed by atoms with van der Waals surface area (Å²) < 4.78 is 2.38. The van der Waals surface area contributed by atoms with Gasteiger partial charge in [0, 0.05) is 21.4 Å². The predicted molar refractivity (Wildman–Crippen MR) is 131 cm³/mol. The van der Waals surface area contributed by atoms with Crippen molar-refractivity contribution in [1.29, 1.82) is 0 Å². The Hall–Kier alpha value is -3.49. The number of hydrogen-bond donors (Lipinski definition) is 1. The standard InChI is InChI=1S/C28H19NS/c30-23-14-10-19(11-15-23)21-12-16-25-27(18-21)29(22-7-2-1-3-8-22)26-17-13-20-6-4-5-9-24(20)28(25)26/h1-18,30H. The lowest BCUT2D eigenvalue weighted by Gasteiger charge is -2.09. The second-order valence-corrected chi connectivity index (χ2v) is 8.15. The summed E-state index contributed by atoms with van der Waals surface area (Å²) in [6.45, 7) is 0. The summed E-state index contributed by atoms with van der Waals surface area (Å²) in [4.78, 5) is 0.977. The Bertz CT molecular complexity index is 1530. The first-order valence-corrected chi connectivity index (χ1v) is 10.5. The molecule has 0 atom stereocenters. The molecule has 1 nitrogen and oxygen atoms in total. The van der Waals surface area contributed by atoms with Crippen molar-refractivity contribution in [1.82, 2.24) is 4.57 Å². The minimum absolute atomic E-state index is 0.977. The highest BCUT2D eigenvalue weighted by molar-refractivity contribution is 7.80. The van der Waals surface area contributed by atoms with Crippen LogP contribution in [0.15, 0.2) is 114 Å². The van der Waals surface area contributed by atoms with E-state index in [1.165, 1.54) is 49.4 Å². The minimum Gasteiger partial charge on any atom is -0.309 e. The molecule has 0 N–H and O–H groups in total. The monoisotopic (exact) mass is 401 g/mol. The van der Waals surface area contributed by atoms with Crippen LogP contribution in [0.4, 0.5) is 0 Å². The average molecular weight is 402 g/mol. The first-order valence-electron chi connectivity index (χ1n) is 10.1. The van der Waals surface area contributed by atoms with E-state index in [-0.39, 0.29) is 0 Å². The van der Waals surface area contributed by atoms with Crippen LogP contribution in [-0.4, -0.2) is 4.57 Å². The molecule has 0 saturated heterocycles. The van der Waals surface area contributed by atoms with Gasteiger partial charge in [-0.1, -0.05) is 72.8 Å². The van der Waals surface area contributed by atoms with Gasteiger partial charge in [-0.05, 0) is 58.3 Å². The summed E-state index contributed by atoms with van der Waals surface area (Å²) in [5.74, 6) is 0. The van der Waals surface area contributed by atoms with Gasteiger partial charge in [0.15, 0.2) is 0 Å². The maximum atomic E-state index is 4.43. The Labute approximate surface area is 180 Å². The number of thiol groups is 1. The Balaban J connectivity index is 1.75. The van der Waals surface area contributed by atoms with E-state index in [4.69, 9.17) is 0 Å². The van der Waals surface area contributed by atoms with Gasteiger partial charge in [-0.15, -0.1) is 12.6 Å². The zero-order chi connectivity index (χ0) is 20.1. The van der Waals surface area contributed by atoms with Crippen molar-refractivity contribution in [2.45, 2.75) is 4.90 Å². The van der Waals surface area contributed by atoms with Gasteiger partial charge < -0.3 is 4.57 Å². The highest BCUT2D eigenvalue weighted by atomic mass is 32.1. The van der Waals surface area contributed by atoms with Crippen LogP contribution in [0.3, 0.4) is 0 Å². The van der Waals surface area contributed by atoms with Crippen molar-refractivity contribution in [3.05, 3.63) is 109 Å². The summed E-state index contributed by atoms with van der Waals surface area (Å²) in [6.07, 6.45) is 0. The van der Waals surface area contributed by atoms with Crippen molar-refractivity contribution in [2.75, 3.05) is 0 Å². The Morgan fingerprint density at radius 3 is 2.10 bits per heavy atom. The van der Waals surface area contributed by atoms with Crippen LogP contribution in [0.2, 0.25) is 0 Å². The molecule has 6 rings (SSSR count). The molecule has 0 aliphatic heterocycles. The predicted octanol–water partition coefficient (Wildman–Crippen LogP) is 7.89. The number of para-hydroxylation sites is 1. The quantitative estimate of drug-likeness (QED) is 0.281. The van der Waals surface area contributed by atoms with Crippen LogP contribution in [0.1, 0.15) is 0 Å². The maximum Gasteiger partial charge on any atom is 0.0547 e. The second-order valence-electron chi connectivity index (χ2n) is 7.63. The number of benzene rings is 5. The van der Waals surface area contributed by atoms with Gasteiger partial charge in [-0.2, -0.15) is 0 Å². The van der Waals surface area contributed by atoms with Gasteiger partial charge in [0.2, 0.25) is 0 Å². The smallest absolute Gasteiger partial charge is 0.0547 e. The molecule has 0 unspecified atom stereocenters. The summed E-state index contributed by atoms with van der Waals surface area (Å²) in [5, 5.41) is 5.15. The summed E-state index contributed by atoms with van der Waals surface area (Å²) in [6, 6.07) is 38.9. The number of aromatic nitrogens is 1. The van der Waals surface area contributed by atoms with Crippen LogP contribution in [0.25, 0.3) is 49.4 Å². The van der Waals surface area contributed by atoms with Gasteiger partial charge in [-0.25, -0.2) is 0 Å². The lowest BCUT2D eigenvalue weighted by molar-refractivity contribution is 1.18. The first kappa shape index (κ1) is 17.4. The highest BCUT2D eigenvalue weighted by Crippen LogP contribution is 2.38. The van der Waals surface area contributed by atoms with Gasteiger partial charge in [0.25, 0.3) is 0 Å². The number of fused-ring (bicyclic) bond motifs is 5. The molecule has 0 fully saturated rings. The molecule has 1 heterocycles. The van der Waals surface area contributed by atoms with Gasteiger partial charge in [0.1, 0.15) is 0 Å². The third-order valence-electron chi connectivity index (χ3n) is 5.87. The topological polar surface area (TPSA) is 4.93 Å². The largest absolute Gasteiger partial charge is 0.309 e. The molecule has 1 aromatic heterocycles. The zero-order valence-electron chi connectivity index (χ0n) is 16.3. The molecule has 2 heteroatoms. The second kappa shape index (κ2) is 6.79. The van der Waals surface area contributed by atoms with Crippen molar-refractivity contribution < 1.29 is 0 Å². The van der Waals surface area contributed by atoms with Crippen LogP contribution < -0.4 is 0 Å². The first-order chi connectivity index (χ1) is 14.8. The van der Waals surface area contributed by atoms with E-state index in [1.807, 2.05) is 12.1 Å². The molecule has 0 saturated carbocycles. The van der Waals surface area contributed by atoms with E-state index in [1.54, 1.807) is 0 Å². The number of nitrogens with zero attached hydrogens (tertiary/aromatic N) is 1. The third kappa shape index (κ3) is 2.65. The SMILES string of the molecule is Sc1ccc(-c2ccc3c4c5ccccc5ccc4n(-c4ccccc4)c3c2)cc1. The van der Waals surface area contributed by atoms with Gasteiger partial charge in [0.05, 0.1) is 11.0 Å². The fourth-order valence-corrected chi connectivity index (χ4v) is 4.63. The molecule has 5 aromatic carbocycles. The van der Waals surface area contributed by atoms with Crippen molar-refractivity contribution in [3.63, 3.8) is 0 Å². The Morgan fingerprint density at radius 2 is 1.27 bits per heavy atom. The maximum absolute atomic E-state index is 4.43. The van der Waals surface area contributed by atoms with Crippen LogP contribution in [0.5, 0.6) is 0 Å². The summed E-state index contributed by atoms with van der Waals surface area (Å²) in [7, 11) is 0. The average Bonchev–Trinajstić information content (AvgIpc) is 3.14. The lowest BCUT2D eigenvalue weighted by atomic mass is 10.0. The zero-order valence-corrected chi connectivity index (χ0v) is 17.2. The molecule has 0 spiro atoms. The van der Waals surface area contributed by atoms with E-state index >= 15 is 0 Å². The van der Waals surface area contributed by atoms with E-state index in [2.05, 4.69) is 114 Å². The van der Waals surface area contributed by atoms with E-state index < -0.39 is 0 Å². The molecular weight excluding hydrogens is 382 g/mol. The Morgan fingerprint density at radius 1 is 0.533 bits per heavy atom. The normalized spacial score (nSPS) is 11.5. The fraction of sp³-hybridized carbons (Fsp3) is 0. The fourth-order valence-electron chi connectivity index (χ4n) is 4.48. The van der Waals surface area contributed by atoms with E-state index in [0.29, 0.717) is 0 Å². The molecule has 0 aliphatic rings. The molecular formula is C28H19NS. The molecule has 0 bridgehead atoms. The molecule has 6 aromatic rings.